The Morgan fingerprint density at radius 2 is 1.80 bits per heavy atom. The molecule has 0 saturated carbocycles. The molecule has 114 valence electrons. The van der Waals surface area contributed by atoms with E-state index in [1.807, 2.05) is 12.1 Å². The Balaban J connectivity index is 3.09. The van der Waals surface area contributed by atoms with Gasteiger partial charge in [-0.1, -0.05) is 27.2 Å². The molecule has 0 bridgehead atoms. The predicted molar refractivity (Wildman–Crippen MR) is 87.0 cm³/mol. The SMILES string of the molecule is CCCCN=S(=O)(NC(CC)CC)c1ccc(N)cc1. The Labute approximate surface area is 123 Å². The third-order valence-electron chi connectivity index (χ3n) is 3.30. The highest BCUT2D eigenvalue weighted by molar-refractivity contribution is 7.91. The van der Waals surface area contributed by atoms with Crippen LogP contribution in [-0.2, 0) is 9.92 Å². The summed E-state index contributed by atoms with van der Waals surface area (Å²) < 4.78 is 20.9. The Hall–Kier alpha value is -1.07. The van der Waals surface area contributed by atoms with E-state index in [0.29, 0.717) is 12.2 Å². The smallest absolute Gasteiger partial charge is 0.137 e. The van der Waals surface area contributed by atoms with Crippen LogP contribution in [0.15, 0.2) is 33.5 Å². The molecule has 0 radical (unpaired) electrons. The van der Waals surface area contributed by atoms with Gasteiger partial charge in [-0.05, 0) is 43.5 Å². The molecule has 5 heteroatoms. The van der Waals surface area contributed by atoms with Crippen molar-refractivity contribution in [3.63, 3.8) is 0 Å². The molecule has 0 aromatic heterocycles. The fourth-order valence-corrected chi connectivity index (χ4v) is 3.90. The summed E-state index contributed by atoms with van der Waals surface area (Å²) in [5.74, 6) is 0. The van der Waals surface area contributed by atoms with E-state index in [9.17, 15) is 4.21 Å². The molecule has 1 aromatic carbocycles. The first-order valence-corrected chi connectivity index (χ1v) is 8.93. The third-order valence-corrected chi connectivity index (χ3v) is 5.41. The molecule has 1 unspecified atom stereocenters. The summed E-state index contributed by atoms with van der Waals surface area (Å²) in [5, 5.41) is 0. The quantitative estimate of drug-likeness (QED) is 0.569. The fourth-order valence-electron chi connectivity index (χ4n) is 1.86. The molecule has 0 aliphatic rings. The maximum atomic E-state index is 13.2. The molecule has 0 heterocycles. The molecule has 0 fully saturated rings. The molecule has 1 rings (SSSR count). The molecule has 0 aliphatic heterocycles. The standard InChI is InChI=1S/C15H27N3OS/c1-4-7-12-17-20(19,18-14(5-2)6-3)15-10-8-13(16)9-11-15/h8-11,14H,4-7,12,16H2,1-3H3,(H,17,18,19). The number of hydrogen-bond acceptors (Lipinski definition) is 3. The predicted octanol–water partition coefficient (Wildman–Crippen LogP) is 3.59. The van der Waals surface area contributed by atoms with Crippen LogP contribution in [0.2, 0.25) is 0 Å². The van der Waals surface area contributed by atoms with Gasteiger partial charge in [-0.15, -0.1) is 0 Å². The van der Waals surface area contributed by atoms with E-state index in [2.05, 4.69) is 29.9 Å². The molecule has 1 aromatic rings. The van der Waals surface area contributed by atoms with Gasteiger partial charge < -0.3 is 5.73 Å². The Morgan fingerprint density at radius 1 is 1.20 bits per heavy atom. The summed E-state index contributed by atoms with van der Waals surface area (Å²) in [5.41, 5.74) is 6.37. The summed E-state index contributed by atoms with van der Waals surface area (Å²) in [7, 11) is -2.56. The van der Waals surface area contributed by atoms with Crippen molar-refractivity contribution >= 4 is 15.6 Å². The van der Waals surface area contributed by atoms with Crippen LogP contribution in [0.3, 0.4) is 0 Å². The average molecular weight is 297 g/mol. The van der Waals surface area contributed by atoms with Gasteiger partial charge in [0.1, 0.15) is 9.92 Å². The van der Waals surface area contributed by atoms with Gasteiger partial charge in [0.2, 0.25) is 0 Å². The van der Waals surface area contributed by atoms with E-state index in [4.69, 9.17) is 5.73 Å². The van der Waals surface area contributed by atoms with E-state index in [1.165, 1.54) is 0 Å². The number of hydrogen-bond donors (Lipinski definition) is 2. The lowest BCUT2D eigenvalue weighted by Gasteiger charge is -2.19. The first kappa shape index (κ1) is 17.0. The fraction of sp³-hybridized carbons (Fsp3) is 0.600. The van der Waals surface area contributed by atoms with Crippen molar-refractivity contribution in [2.75, 3.05) is 12.3 Å². The number of anilines is 1. The van der Waals surface area contributed by atoms with Crippen molar-refractivity contribution in [3.05, 3.63) is 24.3 Å². The maximum absolute atomic E-state index is 13.2. The van der Waals surface area contributed by atoms with Crippen molar-refractivity contribution < 1.29 is 4.21 Å². The molecule has 4 nitrogen and oxygen atoms in total. The number of nitrogens with two attached hydrogens (primary N) is 1. The van der Waals surface area contributed by atoms with Gasteiger partial charge in [0, 0.05) is 18.3 Å². The molecule has 3 N–H and O–H groups in total. The second kappa shape index (κ2) is 8.27. The van der Waals surface area contributed by atoms with Crippen LogP contribution < -0.4 is 10.5 Å². The van der Waals surface area contributed by atoms with Crippen molar-refractivity contribution in [1.29, 1.82) is 0 Å². The molecule has 0 aliphatic carbocycles. The average Bonchev–Trinajstić information content (AvgIpc) is 2.45. The summed E-state index contributed by atoms with van der Waals surface area (Å²) in [6, 6.07) is 7.38. The molecular weight excluding hydrogens is 270 g/mol. The van der Waals surface area contributed by atoms with Gasteiger partial charge >= 0.3 is 0 Å². The maximum Gasteiger partial charge on any atom is 0.137 e. The zero-order chi connectivity index (χ0) is 15.0. The molecule has 20 heavy (non-hydrogen) atoms. The van der Waals surface area contributed by atoms with E-state index < -0.39 is 9.92 Å². The Bertz CT molecular complexity index is 500. The second-order valence-corrected chi connectivity index (χ2v) is 6.95. The third kappa shape index (κ3) is 4.80. The van der Waals surface area contributed by atoms with Gasteiger partial charge in [0.05, 0.1) is 4.90 Å². The Morgan fingerprint density at radius 3 is 2.30 bits per heavy atom. The largest absolute Gasteiger partial charge is 0.399 e. The van der Waals surface area contributed by atoms with Crippen molar-refractivity contribution in [1.82, 2.24) is 4.72 Å². The van der Waals surface area contributed by atoms with Crippen LogP contribution in [0.25, 0.3) is 0 Å². The lowest BCUT2D eigenvalue weighted by Crippen LogP contribution is -2.34. The summed E-state index contributed by atoms with van der Waals surface area (Å²) in [6.07, 6.45) is 3.87. The number of nitrogens with one attached hydrogen (secondary N) is 1. The van der Waals surface area contributed by atoms with Crippen molar-refractivity contribution in [3.8, 4) is 0 Å². The van der Waals surface area contributed by atoms with Crippen LogP contribution in [0.1, 0.15) is 46.5 Å². The number of benzene rings is 1. The van der Waals surface area contributed by atoms with Gasteiger partial charge in [-0.25, -0.2) is 13.3 Å². The second-order valence-electron chi connectivity index (χ2n) is 4.93. The summed E-state index contributed by atoms with van der Waals surface area (Å²) >= 11 is 0. The van der Waals surface area contributed by atoms with E-state index in [0.717, 1.165) is 30.6 Å². The summed E-state index contributed by atoms with van der Waals surface area (Å²) in [6.45, 7) is 6.91. The lowest BCUT2D eigenvalue weighted by molar-refractivity contribution is 0.565. The van der Waals surface area contributed by atoms with Crippen LogP contribution in [0, 0.1) is 0 Å². The number of nitrogen functional groups attached to an aromatic ring is 1. The van der Waals surface area contributed by atoms with Crippen LogP contribution >= 0.6 is 0 Å². The summed E-state index contributed by atoms with van der Waals surface area (Å²) in [4.78, 5) is 0.717. The number of unbranched alkanes of at least 4 members (excludes halogenated alkanes) is 1. The minimum Gasteiger partial charge on any atom is -0.399 e. The van der Waals surface area contributed by atoms with E-state index in [1.54, 1.807) is 12.1 Å². The van der Waals surface area contributed by atoms with E-state index >= 15 is 0 Å². The van der Waals surface area contributed by atoms with Crippen LogP contribution in [-0.4, -0.2) is 16.8 Å². The van der Waals surface area contributed by atoms with Crippen LogP contribution in [0.4, 0.5) is 5.69 Å². The lowest BCUT2D eigenvalue weighted by atomic mass is 10.2. The minimum absolute atomic E-state index is 0.213. The molecule has 0 spiro atoms. The first-order valence-electron chi connectivity index (χ1n) is 7.41. The Kier molecular flexibility index (Phi) is 7.02. The highest BCUT2D eigenvalue weighted by atomic mass is 32.2. The number of rotatable bonds is 8. The van der Waals surface area contributed by atoms with Crippen molar-refractivity contribution in [2.45, 2.75) is 57.4 Å². The van der Waals surface area contributed by atoms with Gasteiger partial charge in [0.25, 0.3) is 0 Å². The first-order chi connectivity index (χ1) is 9.55. The molecule has 0 amide bonds. The van der Waals surface area contributed by atoms with Gasteiger partial charge in [0.15, 0.2) is 0 Å². The number of nitrogens with zero attached hydrogens (tertiary/aromatic N) is 1. The minimum atomic E-state index is -2.56. The highest BCUT2D eigenvalue weighted by Gasteiger charge is 2.16. The molecule has 1 atom stereocenters. The zero-order valence-corrected chi connectivity index (χ0v) is 13.6. The van der Waals surface area contributed by atoms with Gasteiger partial charge in [-0.3, -0.25) is 0 Å². The normalized spacial score (nSPS) is 14.2. The van der Waals surface area contributed by atoms with E-state index in [-0.39, 0.29) is 6.04 Å². The van der Waals surface area contributed by atoms with Crippen LogP contribution in [0.5, 0.6) is 0 Å². The highest BCUT2D eigenvalue weighted by Crippen LogP contribution is 2.16. The van der Waals surface area contributed by atoms with Crippen molar-refractivity contribution in [2.24, 2.45) is 4.36 Å². The topological polar surface area (TPSA) is 67.5 Å². The molecule has 0 saturated heterocycles. The monoisotopic (exact) mass is 297 g/mol. The zero-order valence-electron chi connectivity index (χ0n) is 12.8. The molecular formula is C15H27N3OS. The van der Waals surface area contributed by atoms with Gasteiger partial charge in [-0.2, -0.15) is 0 Å².